The van der Waals surface area contributed by atoms with E-state index in [2.05, 4.69) is 9.97 Å². The predicted octanol–water partition coefficient (Wildman–Crippen LogP) is 1.50. The summed E-state index contributed by atoms with van der Waals surface area (Å²) in [6.45, 7) is 3.82. The molecular formula is C10H15N3O2S. The van der Waals surface area contributed by atoms with Gasteiger partial charge in [0.05, 0.1) is 0 Å². The molecule has 0 aliphatic rings. The molecule has 1 rings (SSSR count). The van der Waals surface area contributed by atoms with Gasteiger partial charge in [0, 0.05) is 12.1 Å². The Morgan fingerprint density at radius 2 is 2.25 bits per heavy atom. The lowest BCUT2D eigenvalue weighted by Gasteiger charge is -2.25. The van der Waals surface area contributed by atoms with Gasteiger partial charge in [0.25, 0.3) is 0 Å². The highest BCUT2D eigenvalue weighted by atomic mass is 32.2. The molecule has 0 fully saturated rings. The first kappa shape index (κ1) is 12.8. The largest absolute Gasteiger partial charge is 0.480 e. The minimum Gasteiger partial charge on any atom is -0.480 e. The average Bonchev–Trinajstić information content (AvgIpc) is 2.25. The molecule has 0 aromatic carbocycles. The highest BCUT2D eigenvalue weighted by molar-refractivity contribution is 7.98. The van der Waals surface area contributed by atoms with Crippen molar-refractivity contribution in [2.45, 2.75) is 24.9 Å². The van der Waals surface area contributed by atoms with Crippen LogP contribution in [0.5, 0.6) is 0 Å². The lowest BCUT2D eigenvalue weighted by molar-refractivity contribution is -0.135. The van der Waals surface area contributed by atoms with Crippen LogP contribution < -0.4 is 4.90 Å². The van der Waals surface area contributed by atoms with Crippen LogP contribution in [-0.4, -0.2) is 39.9 Å². The Bertz CT molecular complexity index is 371. The van der Waals surface area contributed by atoms with Crippen molar-refractivity contribution in [3.05, 3.63) is 12.4 Å². The zero-order chi connectivity index (χ0) is 12.1. The normalized spacial score (nSPS) is 10.5. The molecule has 0 amide bonds. The summed E-state index contributed by atoms with van der Waals surface area (Å²) in [5.41, 5.74) is 0. The predicted molar refractivity (Wildman–Crippen MR) is 63.9 cm³/mol. The van der Waals surface area contributed by atoms with Crippen molar-refractivity contribution in [1.29, 1.82) is 0 Å². The number of carboxylic acids is 1. The van der Waals surface area contributed by atoms with E-state index in [-0.39, 0.29) is 12.6 Å². The Hall–Kier alpha value is -1.30. The second-order valence-electron chi connectivity index (χ2n) is 3.53. The van der Waals surface area contributed by atoms with Crippen LogP contribution in [0.15, 0.2) is 17.4 Å². The summed E-state index contributed by atoms with van der Waals surface area (Å²) < 4.78 is 0. The summed E-state index contributed by atoms with van der Waals surface area (Å²) in [6.07, 6.45) is 3.38. The van der Waals surface area contributed by atoms with Crippen LogP contribution in [-0.2, 0) is 4.79 Å². The maximum Gasteiger partial charge on any atom is 0.323 e. The molecule has 16 heavy (non-hydrogen) atoms. The Balaban J connectivity index is 2.95. The molecule has 1 aromatic heterocycles. The minimum atomic E-state index is -0.863. The third-order valence-electron chi connectivity index (χ3n) is 2.06. The van der Waals surface area contributed by atoms with Crippen molar-refractivity contribution in [3.63, 3.8) is 0 Å². The first-order chi connectivity index (χ1) is 7.54. The van der Waals surface area contributed by atoms with Crippen LogP contribution in [0.3, 0.4) is 0 Å². The summed E-state index contributed by atoms with van der Waals surface area (Å²) in [5.74, 6) is -0.213. The highest BCUT2D eigenvalue weighted by Gasteiger charge is 2.15. The second kappa shape index (κ2) is 5.69. The highest BCUT2D eigenvalue weighted by Crippen LogP contribution is 2.18. The summed E-state index contributed by atoms with van der Waals surface area (Å²) >= 11 is 1.51. The number of carbonyl (C=O) groups is 1. The molecule has 0 unspecified atom stereocenters. The molecule has 0 atom stereocenters. The van der Waals surface area contributed by atoms with Crippen molar-refractivity contribution in [1.82, 2.24) is 9.97 Å². The zero-order valence-corrected chi connectivity index (χ0v) is 10.4. The number of aromatic nitrogens is 2. The van der Waals surface area contributed by atoms with Crippen molar-refractivity contribution in [2.75, 3.05) is 17.7 Å². The molecule has 1 heterocycles. The Labute approximate surface area is 98.9 Å². The number of rotatable bonds is 5. The van der Waals surface area contributed by atoms with Gasteiger partial charge in [0.1, 0.15) is 23.7 Å². The van der Waals surface area contributed by atoms with E-state index in [4.69, 9.17) is 5.11 Å². The third kappa shape index (κ3) is 3.37. The van der Waals surface area contributed by atoms with Crippen molar-refractivity contribution < 1.29 is 9.90 Å². The first-order valence-electron chi connectivity index (χ1n) is 4.89. The standard InChI is InChI=1S/C10H15N3O2S/c1-7(2)13(5-10(14)15)8-4-9(16-3)12-6-11-8/h4,6-7H,5H2,1-3H3,(H,14,15). The van der Waals surface area contributed by atoms with E-state index in [1.54, 1.807) is 11.0 Å². The van der Waals surface area contributed by atoms with E-state index < -0.39 is 5.97 Å². The van der Waals surface area contributed by atoms with Crippen LogP contribution in [0, 0.1) is 0 Å². The van der Waals surface area contributed by atoms with Crippen LogP contribution >= 0.6 is 11.8 Å². The summed E-state index contributed by atoms with van der Waals surface area (Å²) in [6, 6.07) is 1.88. The van der Waals surface area contributed by atoms with Gasteiger partial charge in [0.15, 0.2) is 0 Å². The number of hydrogen-bond donors (Lipinski definition) is 1. The van der Waals surface area contributed by atoms with Crippen LogP contribution in [0.1, 0.15) is 13.8 Å². The molecular weight excluding hydrogens is 226 g/mol. The average molecular weight is 241 g/mol. The van der Waals surface area contributed by atoms with Crippen LogP contribution in [0.4, 0.5) is 5.82 Å². The van der Waals surface area contributed by atoms with Gasteiger partial charge in [-0.25, -0.2) is 9.97 Å². The molecule has 0 saturated heterocycles. The van der Waals surface area contributed by atoms with Gasteiger partial charge >= 0.3 is 5.97 Å². The maximum absolute atomic E-state index is 10.8. The van der Waals surface area contributed by atoms with E-state index in [9.17, 15) is 4.79 Å². The summed E-state index contributed by atoms with van der Waals surface area (Å²) in [7, 11) is 0. The van der Waals surface area contributed by atoms with Gasteiger partial charge < -0.3 is 10.0 Å². The number of carboxylic acid groups (broad SMARTS) is 1. The van der Waals surface area contributed by atoms with Gasteiger partial charge in [-0.2, -0.15) is 0 Å². The molecule has 0 aliphatic heterocycles. The number of thioether (sulfide) groups is 1. The Morgan fingerprint density at radius 1 is 1.56 bits per heavy atom. The van der Waals surface area contributed by atoms with E-state index >= 15 is 0 Å². The molecule has 88 valence electrons. The fraction of sp³-hybridized carbons (Fsp3) is 0.500. The quantitative estimate of drug-likeness (QED) is 0.622. The third-order valence-corrected chi connectivity index (χ3v) is 2.70. The molecule has 5 nitrogen and oxygen atoms in total. The van der Waals surface area contributed by atoms with Gasteiger partial charge in [-0.3, -0.25) is 4.79 Å². The summed E-state index contributed by atoms with van der Waals surface area (Å²) in [4.78, 5) is 20.6. The van der Waals surface area contributed by atoms with E-state index in [1.807, 2.05) is 20.1 Å². The lowest BCUT2D eigenvalue weighted by atomic mass is 10.3. The molecule has 0 aliphatic carbocycles. The molecule has 0 radical (unpaired) electrons. The number of anilines is 1. The molecule has 0 bridgehead atoms. The number of aliphatic carboxylic acids is 1. The second-order valence-corrected chi connectivity index (χ2v) is 4.36. The number of hydrogen-bond acceptors (Lipinski definition) is 5. The number of nitrogens with zero attached hydrogens (tertiary/aromatic N) is 3. The molecule has 0 spiro atoms. The van der Waals surface area contributed by atoms with E-state index in [0.717, 1.165) is 5.03 Å². The van der Waals surface area contributed by atoms with Gasteiger partial charge in [-0.1, -0.05) is 0 Å². The minimum absolute atomic E-state index is 0.0531. The molecule has 1 N–H and O–H groups in total. The van der Waals surface area contributed by atoms with Crippen molar-refractivity contribution >= 4 is 23.5 Å². The van der Waals surface area contributed by atoms with Gasteiger partial charge in [-0.15, -0.1) is 11.8 Å². The maximum atomic E-state index is 10.8. The summed E-state index contributed by atoms with van der Waals surface area (Å²) in [5, 5.41) is 9.66. The van der Waals surface area contributed by atoms with Gasteiger partial charge in [-0.05, 0) is 20.1 Å². The van der Waals surface area contributed by atoms with Crippen LogP contribution in [0.25, 0.3) is 0 Å². The fourth-order valence-electron chi connectivity index (χ4n) is 1.27. The SMILES string of the molecule is CSc1cc(N(CC(=O)O)C(C)C)ncn1. The van der Waals surface area contributed by atoms with Crippen LogP contribution in [0.2, 0.25) is 0 Å². The fourth-order valence-corrected chi connectivity index (χ4v) is 1.65. The van der Waals surface area contributed by atoms with Gasteiger partial charge in [0.2, 0.25) is 0 Å². The van der Waals surface area contributed by atoms with E-state index in [0.29, 0.717) is 5.82 Å². The topological polar surface area (TPSA) is 66.3 Å². The van der Waals surface area contributed by atoms with Crippen molar-refractivity contribution in [3.8, 4) is 0 Å². The van der Waals surface area contributed by atoms with Crippen molar-refractivity contribution in [2.24, 2.45) is 0 Å². The van der Waals surface area contributed by atoms with E-state index in [1.165, 1.54) is 18.1 Å². The molecule has 1 aromatic rings. The monoisotopic (exact) mass is 241 g/mol. The molecule has 0 saturated carbocycles. The Kier molecular flexibility index (Phi) is 4.54. The Morgan fingerprint density at radius 3 is 2.75 bits per heavy atom. The molecule has 6 heteroatoms. The first-order valence-corrected chi connectivity index (χ1v) is 6.11. The smallest absolute Gasteiger partial charge is 0.323 e. The zero-order valence-electron chi connectivity index (χ0n) is 9.54. The lowest BCUT2D eigenvalue weighted by Crippen LogP contribution is -2.36.